The molecule has 1 saturated carbocycles. The molecule has 0 radical (unpaired) electrons. The third-order valence-corrected chi connectivity index (χ3v) is 5.57. The molecule has 2 heterocycles. The lowest BCUT2D eigenvalue weighted by atomic mass is 9.86. The van der Waals surface area contributed by atoms with E-state index in [0.717, 1.165) is 42.7 Å². The third kappa shape index (κ3) is 2.98. The fourth-order valence-corrected chi connectivity index (χ4v) is 3.82. The second kappa shape index (κ2) is 6.43. The number of aliphatic hydroxyl groups is 1. The molecule has 1 amide bonds. The SMILES string of the molecule is COc1ccc([C@](C)(O)[C@H]2CCCN2C(=O)c2cc(C3CC3)no2)cc1. The summed E-state index contributed by atoms with van der Waals surface area (Å²) in [6.45, 7) is 2.37. The van der Waals surface area contributed by atoms with Crippen LogP contribution in [0.5, 0.6) is 5.75 Å². The van der Waals surface area contributed by atoms with Crippen LogP contribution in [0.15, 0.2) is 34.9 Å². The van der Waals surface area contributed by atoms with E-state index in [-0.39, 0.29) is 17.7 Å². The van der Waals surface area contributed by atoms with Gasteiger partial charge in [0.2, 0.25) is 5.76 Å². The molecular formula is C20H24N2O4. The van der Waals surface area contributed by atoms with Crippen molar-refractivity contribution >= 4 is 5.91 Å². The summed E-state index contributed by atoms with van der Waals surface area (Å²) in [4.78, 5) is 14.7. The van der Waals surface area contributed by atoms with E-state index in [1.165, 1.54) is 0 Å². The van der Waals surface area contributed by atoms with Gasteiger partial charge in [0.1, 0.15) is 11.4 Å². The maximum Gasteiger partial charge on any atom is 0.292 e. The molecule has 2 aromatic rings. The van der Waals surface area contributed by atoms with Crippen LogP contribution in [-0.4, -0.2) is 40.8 Å². The van der Waals surface area contributed by atoms with E-state index in [1.807, 2.05) is 24.3 Å². The highest BCUT2D eigenvalue weighted by atomic mass is 16.5. The summed E-state index contributed by atoms with van der Waals surface area (Å²) in [5, 5.41) is 15.3. The molecule has 0 unspecified atom stereocenters. The molecule has 6 heteroatoms. The molecule has 1 saturated heterocycles. The van der Waals surface area contributed by atoms with Gasteiger partial charge in [0.25, 0.3) is 5.91 Å². The van der Waals surface area contributed by atoms with Crippen molar-refractivity contribution in [3.8, 4) is 5.75 Å². The molecule has 6 nitrogen and oxygen atoms in total. The highest BCUT2D eigenvalue weighted by molar-refractivity contribution is 5.92. The molecule has 1 N–H and O–H groups in total. The highest BCUT2D eigenvalue weighted by Gasteiger charge is 2.43. The van der Waals surface area contributed by atoms with Gasteiger partial charge in [-0.2, -0.15) is 0 Å². The minimum Gasteiger partial charge on any atom is -0.497 e. The van der Waals surface area contributed by atoms with Crippen molar-refractivity contribution in [2.24, 2.45) is 0 Å². The number of benzene rings is 1. The van der Waals surface area contributed by atoms with Crippen molar-refractivity contribution in [2.75, 3.05) is 13.7 Å². The topological polar surface area (TPSA) is 75.8 Å². The van der Waals surface area contributed by atoms with Gasteiger partial charge in [0, 0.05) is 18.5 Å². The van der Waals surface area contributed by atoms with Crippen LogP contribution in [0.4, 0.5) is 0 Å². The number of amides is 1. The van der Waals surface area contributed by atoms with Crippen LogP contribution < -0.4 is 4.74 Å². The predicted octanol–water partition coefficient (Wildman–Crippen LogP) is 3.07. The molecule has 1 aromatic carbocycles. The van der Waals surface area contributed by atoms with E-state index in [1.54, 1.807) is 25.0 Å². The van der Waals surface area contributed by atoms with Gasteiger partial charge in [-0.05, 0) is 50.3 Å². The van der Waals surface area contributed by atoms with E-state index >= 15 is 0 Å². The van der Waals surface area contributed by atoms with Crippen LogP contribution in [0, 0.1) is 0 Å². The molecule has 4 rings (SSSR count). The van der Waals surface area contributed by atoms with E-state index in [0.29, 0.717) is 12.5 Å². The van der Waals surface area contributed by atoms with Crippen LogP contribution in [0.3, 0.4) is 0 Å². The van der Waals surface area contributed by atoms with E-state index in [9.17, 15) is 9.90 Å². The number of methoxy groups -OCH3 is 1. The van der Waals surface area contributed by atoms with Crippen LogP contribution in [0.25, 0.3) is 0 Å². The molecule has 0 bridgehead atoms. The Kier molecular flexibility index (Phi) is 4.23. The zero-order valence-electron chi connectivity index (χ0n) is 15.1. The Bertz CT molecular complexity index is 792. The van der Waals surface area contributed by atoms with Crippen molar-refractivity contribution in [3.63, 3.8) is 0 Å². The first-order valence-corrected chi connectivity index (χ1v) is 9.15. The van der Waals surface area contributed by atoms with Crippen molar-refractivity contribution in [3.05, 3.63) is 47.3 Å². The maximum atomic E-state index is 13.0. The number of carbonyl (C=O) groups is 1. The Hall–Kier alpha value is -2.34. The lowest BCUT2D eigenvalue weighted by molar-refractivity contribution is -0.0187. The third-order valence-electron chi connectivity index (χ3n) is 5.57. The van der Waals surface area contributed by atoms with Gasteiger partial charge < -0.3 is 19.3 Å². The van der Waals surface area contributed by atoms with Crippen LogP contribution >= 0.6 is 0 Å². The molecule has 1 aliphatic carbocycles. The van der Waals surface area contributed by atoms with Crippen LogP contribution in [-0.2, 0) is 5.60 Å². The lowest BCUT2D eigenvalue weighted by Gasteiger charge is -2.36. The Balaban J connectivity index is 1.56. The summed E-state index contributed by atoms with van der Waals surface area (Å²) >= 11 is 0. The fraction of sp³-hybridized carbons (Fsp3) is 0.500. The molecule has 0 spiro atoms. The summed E-state index contributed by atoms with van der Waals surface area (Å²) in [6, 6.07) is 8.79. The zero-order valence-corrected chi connectivity index (χ0v) is 15.1. The molecule has 2 fully saturated rings. The van der Waals surface area contributed by atoms with E-state index < -0.39 is 5.60 Å². The van der Waals surface area contributed by atoms with E-state index in [4.69, 9.17) is 9.26 Å². The summed E-state index contributed by atoms with van der Waals surface area (Å²) < 4.78 is 10.5. The maximum absolute atomic E-state index is 13.0. The predicted molar refractivity (Wildman–Crippen MR) is 95.1 cm³/mol. The Morgan fingerprint density at radius 2 is 2.04 bits per heavy atom. The number of carbonyl (C=O) groups excluding carboxylic acids is 1. The molecule has 26 heavy (non-hydrogen) atoms. The molecule has 1 aromatic heterocycles. The lowest BCUT2D eigenvalue weighted by Crippen LogP contribution is -2.48. The normalized spacial score (nSPS) is 22.3. The van der Waals surface area contributed by atoms with Crippen molar-refractivity contribution in [1.29, 1.82) is 0 Å². The van der Waals surface area contributed by atoms with E-state index in [2.05, 4.69) is 5.16 Å². The van der Waals surface area contributed by atoms with Crippen molar-refractivity contribution in [1.82, 2.24) is 10.1 Å². The van der Waals surface area contributed by atoms with Gasteiger partial charge >= 0.3 is 0 Å². The van der Waals surface area contributed by atoms with Gasteiger partial charge in [0.05, 0.1) is 18.8 Å². The minimum atomic E-state index is -1.15. The smallest absolute Gasteiger partial charge is 0.292 e. The number of likely N-dealkylation sites (tertiary alicyclic amines) is 1. The molecule has 1 aliphatic heterocycles. The monoisotopic (exact) mass is 356 g/mol. The van der Waals surface area contributed by atoms with Crippen molar-refractivity contribution in [2.45, 2.75) is 50.2 Å². The highest BCUT2D eigenvalue weighted by Crippen LogP contribution is 2.40. The largest absolute Gasteiger partial charge is 0.497 e. The van der Waals surface area contributed by atoms with Gasteiger partial charge in [-0.3, -0.25) is 4.79 Å². The number of rotatable bonds is 5. The first-order valence-electron chi connectivity index (χ1n) is 9.15. The van der Waals surface area contributed by atoms with Gasteiger partial charge in [0.15, 0.2) is 0 Å². The Morgan fingerprint density at radius 3 is 2.69 bits per heavy atom. The standard InChI is InChI=1S/C20H24N2O4/c1-20(24,14-7-9-15(25-2)10-8-14)18-4-3-11-22(18)19(23)17-12-16(21-26-17)13-5-6-13/h7-10,12-13,18,24H,3-6,11H2,1-2H3/t18-,20+/m1/s1. The quantitative estimate of drug-likeness (QED) is 0.891. The van der Waals surface area contributed by atoms with Gasteiger partial charge in [-0.1, -0.05) is 17.3 Å². The average molecular weight is 356 g/mol. The number of ether oxygens (including phenoxy) is 1. The Labute approximate surface area is 152 Å². The molecule has 2 atom stereocenters. The zero-order chi connectivity index (χ0) is 18.3. The van der Waals surface area contributed by atoms with Gasteiger partial charge in [-0.15, -0.1) is 0 Å². The minimum absolute atomic E-state index is 0.194. The molecular weight excluding hydrogens is 332 g/mol. The summed E-state index contributed by atoms with van der Waals surface area (Å²) in [7, 11) is 1.61. The average Bonchev–Trinajstić information content (AvgIpc) is 3.18. The molecule has 138 valence electrons. The van der Waals surface area contributed by atoms with Crippen molar-refractivity contribution < 1.29 is 19.2 Å². The summed E-state index contributed by atoms with van der Waals surface area (Å²) in [5.41, 5.74) is 0.475. The molecule has 2 aliphatic rings. The fourth-order valence-electron chi connectivity index (χ4n) is 3.82. The van der Waals surface area contributed by atoms with Crippen LogP contribution in [0.1, 0.15) is 60.3 Å². The number of nitrogens with zero attached hydrogens (tertiary/aromatic N) is 2. The first-order chi connectivity index (χ1) is 12.5. The second-order valence-corrected chi connectivity index (χ2v) is 7.42. The van der Waals surface area contributed by atoms with Gasteiger partial charge in [-0.25, -0.2) is 0 Å². The first kappa shape index (κ1) is 17.1. The number of hydrogen-bond donors (Lipinski definition) is 1. The number of aromatic nitrogens is 1. The van der Waals surface area contributed by atoms with Crippen LogP contribution in [0.2, 0.25) is 0 Å². The Morgan fingerprint density at radius 1 is 1.31 bits per heavy atom. The summed E-state index contributed by atoms with van der Waals surface area (Å²) in [5.74, 6) is 1.25. The number of hydrogen-bond acceptors (Lipinski definition) is 5. The summed E-state index contributed by atoms with van der Waals surface area (Å²) in [6.07, 6.45) is 3.82. The second-order valence-electron chi connectivity index (χ2n) is 7.42.